The average Bonchev–Trinajstić information content (AvgIpc) is 3.16. The van der Waals surface area contributed by atoms with Crippen molar-refractivity contribution in [2.75, 3.05) is 13.7 Å². The number of nitrogens with zero attached hydrogens (tertiary/aromatic N) is 1. The van der Waals surface area contributed by atoms with Crippen LogP contribution < -0.4 is 5.32 Å². The molecule has 7 nitrogen and oxygen atoms in total. The van der Waals surface area contributed by atoms with E-state index < -0.39 is 24.2 Å². The second-order valence-electron chi connectivity index (χ2n) is 5.88. The molecule has 1 aromatic carbocycles. The number of nitrogens with one attached hydrogen (secondary N) is 1. The van der Waals surface area contributed by atoms with Gasteiger partial charge in [-0.05, 0) is 30.4 Å². The zero-order valence-electron chi connectivity index (χ0n) is 14.8. The van der Waals surface area contributed by atoms with Crippen molar-refractivity contribution in [2.24, 2.45) is 4.99 Å². The third kappa shape index (κ3) is 5.91. The number of amides is 1. The third-order valence-corrected chi connectivity index (χ3v) is 3.97. The number of hydrogen-bond acceptors (Lipinski definition) is 6. The Bertz CT molecular complexity index is 645. The van der Waals surface area contributed by atoms with Gasteiger partial charge < -0.3 is 19.5 Å². The first-order chi connectivity index (χ1) is 12.6. The van der Waals surface area contributed by atoms with Crippen LogP contribution in [0.1, 0.15) is 24.8 Å². The monoisotopic (exact) mass is 360 g/mol. The number of ether oxygens (including phenoxy) is 3. The number of carbonyl (C=O) groups is 2. The Morgan fingerprint density at radius 1 is 1.27 bits per heavy atom. The minimum absolute atomic E-state index is 0.247. The first kappa shape index (κ1) is 19.5. The van der Waals surface area contributed by atoms with E-state index in [4.69, 9.17) is 14.2 Å². The number of hydrogen-bond donors (Lipinski definition) is 1. The molecule has 1 aliphatic rings. The summed E-state index contributed by atoms with van der Waals surface area (Å²) in [5, 5.41) is 2.71. The molecule has 2 unspecified atom stereocenters. The lowest BCUT2D eigenvalue weighted by Gasteiger charge is -2.17. The lowest BCUT2D eigenvalue weighted by molar-refractivity contribution is -0.143. The van der Waals surface area contributed by atoms with Crippen LogP contribution in [-0.2, 0) is 25.6 Å². The van der Waals surface area contributed by atoms with Crippen molar-refractivity contribution in [3.8, 4) is 0 Å². The predicted molar refractivity (Wildman–Crippen MR) is 96.8 cm³/mol. The summed E-state index contributed by atoms with van der Waals surface area (Å²) in [6, 6.07) is 8.82. The number of aliphatic imine (C=N–C) groups is 1. The summed E-state index contributed by atoms with van der Waals surface area (Å²) in [4.78, 5) is 27.2. The van der Waals surface area contributed by atoms with Crippen LogP contribution in [0.3, 0.4) is 0 Å². The van der Waals surface area contributed by atoms with Crippen molar-refractivity contribution in [1.29, 1.82) is 0 Å². The highest BCUT2D eigenvalue weighted by molar-refractivity contribution is 5.80. The van der Waals surface area contributed by atoms with E-state index >= 15 is 0 Å². The highest BCUT2D eigenvalue weighted by Gasteiger charge is 2.35. The molecule has 1 aromatic rings. The molecule has 0 aromatic heterocycles. The number of unbranched alkanes of at least 4 members (excludes halogenated alkanes) is 1. The Hall–Kier alpha value is -2.83. The summed E-state index contributed by atoms with van der Waals surface area (Å²) in [6.07, 6.45) is 2.57. The summed E-state index contributed by atoms with van der Waals surface area (Å²) in [5.41, 5.74) is 1.72. The second-order valence-corrected chi connectivity index (χ2v) is 5.88. The van der Waals surface area contributed by atoms with Gasteiger partial charge in [-0.3, -0.25) is 0 Å². The van der Waals surface area contributed by atoms with Crippen LogP contribution in [0.2, 0.25) is 0 Å². The molecule has 2 rings (SSSR count). The zero-order valence-corrected chi connectivity index (χ0v) is 14.8. The van der Waals surface area contributed by atoms with E-state index in [0.717, 1.165) is 24.0 Å². The predicted octanol–water partition coefficient (Wildman–Crippen LogP) is 2.61. The summed E-state index contributed by atoms with van der Waals surface area (Å²) in [5.74, 6) is -0.437. The quantitative estimate of drug-likeness (QED) is 0.416. The Labute approximate surface area is 153 Å². The van der Waals surface area contributed by atoms with Gasteiger partial charge in [0.1, 0.15) is 6.61 Å². The lowest BCUT2D eigenvalue weighted by Crippen LogP contribution is -2.32. The number of carbonyl (C=O) groups excluding carboxylic acids is 2. The average molecular weight is 360 g/mol. The molecule has 1 amide bonds. The van der Waals surface area contributed by atoms with Crippen LogP contribution in [0.25, 0.3) is 0 Å². The maximum absolute atomic E-state index is 11.6. The Morgan fingerprint density at radius 2 is 2.04 bits per heavy atom. The van der Waals surface area contributed by atoms with Gasteiger partial charge >= 0.3 is 12.1 Å². The van der Waals surface area contributed by atoms with Gasteiger partial charge in [-0.25, -0.2) is 14.6 Å². The van der Waals surface area contributed by atoms with Gasteiger partial charge in [0.05, 0.1) is 7.11 Å². The molecule has 0 radical (unpaired) electrons. The van der Waals surface area contributed by atoms with Gasteiger partial charge in [0.2, 0.25) is 0 Å². The number of esters is 1. The topological polar surface area (TPSA) is 86.2 Å². The Morgan fingerprint density at radius 3 is 2.77 bits per heavy atom. The van der Waals surface area contributed by atoms with E-state index in [9.17, 15) is 9.59 Å². The van der Waals surface area contributed by atoms with E-state index in [1.54, 1.807) is 0 Å². The van der Waals surface area contributed by atoms with Crippen LogP contribution in [0.15, 0.2) is 47.5 Å². The van der Waals surface area contributed by atoms with Gasteiger partial charge in [-0.15, -0.1) is 0 Å². The van der Waals surface area contributed by atoms with E-state index in [0.29, 0.717) is 13.0 Å². The fourth-order valence-corrected chi connectivity index (χ4v) is 2.53. The molecule has 7 heteroatoms. The SMILES string of the molecule is C=C(CCCCNC(=O)OCc1ccccc1)C1OC=NC1C(=O)OC. The Balaban J connectivity index is 1.58. The highest BCUT2D eigenvalue weighted by Crippen LogP contribution is 2.21. The number of alkyl carbamates (subject to hydrolysis) is 1. The lowest BCUT2D eigenvalue weighted by atomic mass is 9.99. The molecule has 0 spiro atoms. The van der Waals surface area contributed by atoms with Gasteiger partial charge in [0.15, 0.2) is 18.5 Å². The van der Waals surface area contributed by atoms with E-state index in [1.165, 1.54) is 13.5 Å². The van der Waals surface area contributed by atoms with Gasteiger partial charge in [0.25, 0.3) is 0 Å². The second kappa shape index (κ2) is 10.2. The number of rotatable bonds is 9. The van der Waals surface area contributed by atoms with Crippen molar-refractivity contribution in [1.82, 2.24) is 5.32 Å². The first-order valence-electron chi connectivity index (χ1n) is 8.49. The smallest absolute Gasteiger partial charge is 0.407 e. The molecule has 1 heterocycles. The molecule has 26 heavy (non-hydrogen) atoms. The van der Waals surface area contributed by atoms with Crippen molar-refractivity contribution in [3.05, 3.63) is 48.0 Å². The number of benzene rings is 1. The first-order valence-corrected chi connectivity index (χ1v) is 8.49. The molecule has 0 saturated heterocycles. The van der Waals surface area contributed by atoms with Crippen molar-refractivity contribution >= 4 is 18.5 Å². The maximum Gasteiger partial charge on any atom is 0.407 e. The van der Waals surface area contributed by atoms with Crippen LogP contribution in [-0.4, -0.2) is 44.3 Å². The molecular weight excluding hydrogens is 336 g/mol. The van der Waals surface area contributed by atoms with Crippen LogP contribution >= 0.6 is 0 Å². The van der Waals surface area contributed by atoms with Crippen molar-refractivity contribution in [3.63, 3.8) is 0 Å². The fourth-order valence-electron chi connectivity index (χ4n) is 2.53. The van der Waals surface area contributed by atoms with E-state index in [1.807, 2.05) is 30.3 Å². The standard InChI is InChI=1S/C19H24N2O5/c1-14(17-16(18(22)24-2)21-13-26-17)8-6-7-11-20-19(23)25-12-15-9-4-3-5-10-15/h3-5,9-10,13,16-17H,1,6-8,11-12H2,2H3,(H,20,23). The Kier molecular flexibility index (Phi) is 7.67. The molecule has 1 aliphatic heterocycles. The molecule has 0 aliphatic carbocycles. The maximum atomic E-state index is 11.6. The largest absolute Gasteiger partial charge is 0.473 e. The summed E-state index contributed by atoms with van der Waals surface area (Å²) in [7, 11) is 1.32. The highest BCUT2D eigenvalue weighted by atomic mass is 16.5. The van der Waals surface area contributed by atoms with Gasteiger partial charge in [-0.1, -0.05) is 36.9 Å². The molecule has 0 saturated carbocycles. The minimum atomic E-state index is -0.682. The van der Waals surface area contributed by atoms with Crippen molar-refractivity contribution in [2.45, 2.75) is 38.0 Å². The molecule has 0 bridgehead atoms. The summed E-state index contributed by atoms with van der Waals surface area (Å²) < 4.78 is 15.2. The fraction of sp³-hybridized carbons (Fsp3) is 0.421. The third-order valence-electron chi connectivity index (χ3n) is 3.97. The minimum Gasteiger partial charge on any atom is -0.473 e. The van der Waals surface area contributed by atoms with Crippen LogP contribution in [0.5, 0.6) is 0 Å². The van der Waals surface area contributed by atoms with Crippen molar-refractivity contribution < 1.29 is 23.8 Å². The number of methoxy groups -OCH3 is 1. The normalized spacial score (nSPS) is 18.0. The van der Waals surface area contributed by atoms with Gasteiger partial charge in [-0.2, -0.15) is 0 Å². The molecule has 0 fully saturated rings. The van der Waals surface area contributed by atoms with Gasteiger partial charge in [0, 0.05) is 6.54 Å². The summed E-state index contributed by atoms with van der Waals surface area (Å²) >= 11 is 0. The molecule has 140 valence electrons. The molecule has 1 N–H and O–H groups in total. The molecular formula is C19H24N2O5. The van der Waals surface area contributed by atoms with Crippen LogP contribution in [0, 0.1) is 0 Å². The van der Waals surface area contributed by atoms with E-state index in [-0.39, 0.29) is 6.61 Å². The van der Waals surface area contributed by atoms with Crippen LogP contribution in [0.4, 0.5) is 4.79 Å². The zero-order chi connectivity index (χ0) is 18.8. The summed E-state index contributed by atoms with van der Waals surface area (Å²) in [6.45, 7) is 4.73. The van der Waals surface area contributed by atoms with E-state index in [2.05, 4.69) is 16.9 Å². The molecule has 2 atom stereocenters.